The number of urea groups is 1. The van der Waals surface area contributed by atoms with E-state index in [2.05, 4.69) is 10.3 Å². The molecule has 0 radical (unpaired) electrons. The number of nitrogens with one attached hydrogen (secondary N) is 2. The first kappa shape index (κ1) is 14.1. The number of H-pyrrole nitrogens is 1. The number of aryl methyl sites for hydroxylation is 1. The van der Waals surface area contributed by atoms with Gasteiger partial charge in [0, 0.05) is 18.3 Å². The van der Waals surface area contributed by atoms with Crippen molar-refractivity contribution in [3.8, 4) is 0 Å². The summed E-state index contributed by atoms with van der Waals surface area (Å²) in [4.78, 5) is 27.3. The maximum Gasteiger partial charge on any atom is 0.354 e. The second-order valence-corrected chi connectivity index (χ2v) is 4.36. The number of amides is 2. The first-order valence-electron chi connectivity index (χ1n) is 5.87. The lowest BCUT2D eigenvalue weighted by Crippen LogP contribution is -2.39. The number of aromatic amines is 1. The van der Waals surface area contributed by atoms with Crippen LogP contribution in [0.4, 0.5) is 10.5 Å². The quantitative estimate of drug-likeness (QED) is 0.769. The molecule has 0 aliphatic rings. The predicted octanol–water partition coefficient (Wildman–Crippen LogP) is 2.28. The molecule has 1 heterocycles. The molecule has 0 aliphatic carbocycles. The third kappa shape index (κ3) is 3.03. The number of aromatic carboxylic acids is 1. The molecule has 18 heavy (non-hydrogen) atoms. The predicted molar refractivity (Wildman–Crippen MR) is 69.0 cm³/mol. The fourth-order valence-electron chi connectivity index (χ4n) is 1.79. The summed E-state index contributed by atoms with van der Waals surface area (Å²) >= 11 is 0. The number of carboxylic acid groups (broad SMARTS) is 1. The molecule has 2 amide bonds. The van der Waals surface area contributed by atoms with E-state index in [0.29, 0.717) is 17.9 Å². The molecule has 0 saturated carbocycles. The number of hydrogen-bond acceptors (Lipinski definition) is 2. The summed E-state index contributed by atoms with van der Waals surface area (Å²) in [5.74, 6) is -1.09. The number of anilines is 1. The molecule has 0 atom stereocenters. The minimum Gasteiger partial charge on any atom is -0.477 e. The minimum atomic E-state index is -1.09. The second-order valence-electron chi connectivity index (χ2n) is 4.36. The van der Waals surface area contributed by atoms with Gasteiger partial charge >= 0.3 is 12.0 Å². The molecular weight excluding hydrogens is 234 g/mol. The monoisotopic (exact) mass is 253 g/mol. The highest BCUT2D eigenvalue weighted by Crippen LogP contribution is 2.17. The van der Waals surface area contributed by atoms with Crippen molar-refractivity contribution in [3.63, 3.8) is 0 Å². The van der Waals surface area contributed by atoms with Gasteiger partial charge in [-0.15, -0.1) is 0 Å². The lowest BCUT2D eigenvalue weighted by molar-refractivity contribution is 0.0692. The summed E-state index contributed by atoms with van der Waals surface area (Å²) in [6.07, 6.45) is 0. The number of rotatable bonds is 4. The molecule has 0 fully saturated rings. The van der Waals surface area contributed by atoms with E-state index in [4.69, 9.17) is 5.11 Å². The highest BCUT2D eigenvalue weighted by atomic mass is 16.4. The van der Waals surface area contributed by atoms with Gasteiger partial charge in [0.2, 0.25) is 0 Å². The van der Waals surface area contributed by atoms with Gasteiger partial charge in [-0.25, -0.2) is 9.59 Å². The zero-order chi connectivity index (χ0) is 13.9. The molecule has 6 nitrogen and oxygen atoms in total. The number of nitrogens with zero attached hydrogens (tertiary/aromatic N) is 1. The molecule has 1 aromatic rings. The van der Waals surface area contributed by atoms with Crippen molar-refractivity contribution in [3.05, 3.63) is 17.5 Å². The van der Waals surface area contributed by atoms with Crippen LogP contribution in [-0.2, 0) is 0 Å². The average molecular weight is 253 g/mol. The van der Waals surface area contributed by atoms with Crippen LogP contribution in [-0.4, -0.2) is 39.6 Å². The van der Waals surface area contributed by atoms with E-state index in [1.165, 1.54) is 0 Å². The van der Waals surface area contributed by atoms with E-state index in [1.54, 1.807) is 17.9 Å². The van der Waals surface area contributed by atoms with E-state index in [-0.39, 0.29) is 17.8 Å². The fourth-order valence-corrected chi connectivity index (χ4v) is 1.79. The van der Waals surface area contributed by atoms with Crippen molar-refractivity contribution >= 4 is 17.7 Å². The van der Waals surface area contributed by atoms with E-state index in [9.17, 15) is 9.59 Å². The highest BCUT2D eigenvalue weighted by molar-refractivity contribution is 5.99. The Bertz CT molecular complexity index is 451. The summed E-state index contributed by atoms with van der Waals surface area (Å²) in [6.45, 7) is 7.99. The number of hydrogen-bond donors (Lipinski definition) is 3. The number of aromatic nitrogens is 1. The van der Waals surface area contributed by atoms with E-state index in [0.717, 1.165) is 0 Å². The van der Waals surface area contributed by atoms with Crippen molar-refractivity contribution in [1.29, 1.82) is 0 Å². The maximum atomic E-state index is 12.0. The molecule has 1 aromatic heterocycles. The van der Waals surface area contributed by atoms with Crippen LogP contribution in [0.2, 0.25) is 0 Å². The Balaban J connectivity index is 2.90. The lowest BCUT2D eigenvalue weighted by Gasteiger charge is -2.25. The summed E-state index contributed by atoms with van der Waals surface area (Å²) in [6, 6.07) is 1.37. The molecule has 0 aliphatic heterocycles. The normalized spacial score (nSPS) is 10.5. The van der Waals surface area contributed by atoms with Gasteiger partial charge in [-0.05, 0) is 33.8 Å². The molecule has 0 saturated heterocycles. The van der Waals surface area contributed by atoms with Gasteiger partial charge in [0.15, 0.2) is 0 Å². The van der Waals surface area contributed by atoms with Crippen LogP contribution in [0, 0.1) is 6.92 Å². The Morgan fingerprint density at radius 2 is 2.11 bits per heavy atom. The van der Waals surface area contributed by atoms with Gasteiger partial charge in [-0.1, -0.05) is 0 Å². The van der Waals surface area contributed by atoms with E-state index >= 15 is 0 Å². The van der Waals surface area contributed by atoms with Crippen molar-refractivity contribution in [2.45, 2.75) is 33.7 Å². The van der Waals surface area contributed by atoms with Gasteiger partial charge in [0.1, 0.15) is 5.69 Å². The van der Waals surface area contributed by atoms with Crippen LogP contribution in [0.5, 0.6) is 0 Å². The zero-order valence-corrected chi connectivity index (χ0v) is 11.1. The van der Waals surface area contributed by atoms with Gasteiger partial charge in [0.05, 0.1) is 5.69 Å². The minimum absolute atomic E-state index is 0.000610. The third-order valence-corrected chi connectivity index (χ3v) is 2.63. The average Bonchev–Trinajstić information content (AvgIpc) is 2.59. The molecule has 6 heteroatoms. The van der Waals surface area contributed by atoms with Gasteiger partial charge < -0.3 is 20.3 Å². The molecule has 0 spiro atoms. The van der Waals surface area contributed by atoms with Crippen molar-refractivity contribution in [2.75, 3.05) is 11.9 Å². The zero-order valence-electron chi connectivity index (χ0n) is 11.1. The topological polar surface area (TPSA) is 85.4 Å². The number of carbonyl (C=O) groups is 2. The Morgan fingerprint density at radius 1 is 1.50 bits per heavy atom. The SMILES string of the molecule is CCN(C(=O)Nc1cc(C)[nH]c1C(=O)O)C(C)C. The van der Waals surface area contributed by atoms with E-state index in [1.807, 2.05) is 20.8 Å². The molecule has 1 rings (SSSR count). The molecule has 0 bridgehead atoms. The largest absolute Gasteiger partial charge is 0.477 e. The van der Waals surface area contributed by atoms with Crippen LogP contribution in [0.15, 0.2) is 6.07 Å². The molecular formula is C12H19N3O3. The Hall–Kier alpha value is -1.98. The summed E-state index contributed by atoms with van der Waals surface area (Å²) in [5.41, 5.74) is 0.986. The van der Waals surface area contributed by atoms with Gasteiger partial charge in [-0.3, -0.25) is 0 Å². The summed E-state index contributed by atoms with van der Waals surface area (Å²) < 4.78 is 0. The Kier molecular flexibility index (Phi) is 4.36. The van der Waals surface area contributed by atoms with Crippen LogP contribution < -0.4 is 5.32 Å². The van der Waals surface area contributed by atoms with Crippen LogP contribution >= 0.6 is 0 Å². The third-order valence-electron chi connectivity index (χ3n) is 2.63. The number of carbonyl (C=O) groups excluding carboxylic acids is 1. The smallest absolute Gasteiger partial charge is 0.354 e. The van der Waals surface area contributed by atoms with Crippen LogP contribution in [0.1, 0.15) is 37.0 Å². The Labute approximate surface area is 106 Å². The van der Waals surface area contributed by atoms with Crippen LogP contribution in [0.25, 0.3) is 0 Å². The van der Waals surface area contributed by atoms with Crippen molar-refractivity contribution < 1.29 is 14.7 Å². The summed E-state index contributed by atoms with van der Waals surface area (Å²) in [5, 5.41) is 11.6. The van der Waals surface area contributed by atoms with Crippen molar-refractivity contribution in [2.24, 2.45) is 0 Å². The standard InChI is InChI=1S/C12H19N3O3/c1-5-15(7(2)3)12(18)14-9-6-8(4)13-10(9)11(16)17/h6-7,13H,5H2,1-4H3,(H,14,18)(H,16,17). The first-order chi connectivity index (χ1) is 8.36. The molecule has 100 valence electrons. The number of carboxylic acids is 1. The van der Waals surface area contributed by atoms with E-state index < -0.39 is 5.97 Å². The fraction of sp³-hybridized carbons (Fsp3) is 0.500. The van der Waals surface area contributed by atoms with Gasteiger partial charge in [-0.2, -0.15) is 0 Å². The van der Waals surface area contributed by atoms with Crippen molar-refractivity contribution in [1.82, 2.24) is 9.88 Å². The molecule has 0 aromatic carbocycles. The van der Waals surface area contributed by atoms with Crippen LogP contribution in [0.3, 0.4) is 0 Å². The molecule has 3 N–H and O–H groups in total. The maximum absolute atomic E-state index is 12.0. The lowest BCUT2D eigenvalue weighted by atomic mass is 10.3. The molecule has 0 unspecified atom stereocenters. The summed E-state index contributed by atoms with van der Waals surface area (Å²) in [7, 11) is 0. The second kappa shape index (κ2) is 5.57. The Morgan fingerprint density at radius 3 is 2.56 bits per heavy atom. The first-order valence-corrected chi connectivity index (χ1v) is 5.87. The highest BCUT2D eigenvalue weighted by Gasteiger charge is 2.19. The van der Waals surface area contributed by atoms with Gasteiger partial charge in [0.25, 0.3) is 0 Å².